The van der Waals surface area contributed by atoms with Crippen molar-refractivity contribution in [3.8, 4) is 0 Å². The van der Waals surface area contributed by atoms with E-state index in [9.17, 15) is 13.6 Å². The van der Waals surface area contributed by atoms with Gasteiger partial charge < -0.3 is 15.5 Å². The van der Waals surface area contributed by atoms with Gasteiger partial charge in [0.15, 0.2) is 5.82 Å². The van der Waals surface area contributed by atoms with Gasteiger partial charge in [-0.15, -0.1) is 0 Å². The van der Waals surface area contributed by atoms with Gasteiger partial charge in [-0.1, -0.05) is 0 Å². The van der Waals surface area contributed by atoms with Crippen LogP contribution >= 0.6 is 0 Å². The zero-order valence-corrected chi connectivity index (χ0v) is 10.00. The predicted octanol–water partition coefficient (Wildman–Crippen LogP) is 1.07. The minimum Gasteiger partial charge on any atom is -0.395 e. The van der Waals surface area contributed by atoms with Crippen LogP contribution in [0.4, 0.5) is 20.2 Å². The van der Waals surface area contributed by atoms with Gasteiger partial charge in [-0.05, 0) is 6.07 Å². The van der Waals surface area contributed by atoms with Gasteiger partial charge in [0, 0.05) is 27.2 Å². The lowest BCUT2D eigenvalue weighted by Crippen LogP contribution is -2.34. The molecule has 0 fully saturated rings. The van der Waals surface area contributed by atoms with E-state index in [4.69, 9.17) is 5.73 Å². The van der Waals surface area contributed by atoms with Gasteiger partial charge in [0.2, 0.25) is 5.91 Å². The van der Waals surface area contributed by atoms with Crippen molar-refractivity contribution in [1.29, 1.82) is 0 Å². The standard InChI is InChI=1S/C11H15F2N3O/c1-15(2)10(17)6-16(3)9-5-7(12)4-8(13)11(9)14/h4-5H,6,14H2,1-3H3. The van der Waals surface area contributed by atoms with Crippen molar-refractivity contribution < 1.29 is 13.6 Å². The van der Waals surface area contributed by atoms with Crippen molar-refractivity contribution >= 4 is 17.3 Å². The molecule has 94 valence electrons. The minimum absolute atomic E-state index is 0.0000926. The first kappa shape index (κ1) is 13.2. The Morgan fingerprint density at radius 3 is 2.41 bits per heavy atom. The summed E-state index contributed by atoms with van der Waals surface area (Å²) < 4.78 is 26.3. The highest BCUT2D eigenvalue weighted by Crippen LogP contribution is 2.26. The van der Waals surface area contributed by atoms with Crippen molar-refractivity contribution in [2.75, 3.05) is 38.3 Å². The maximum Gasteiger partial charge on any atom is 0.241 e. The van der Waals surface area contributed by atoms with Crippen LogP contribution < -0.4 is 10.6 Å². The van der Waals surface area contributed by atoms with E-state index < -0.39 is 11.6 Å². The fourth-order valence-electron chi connectivity index (χ4n) is 1.32. The zero-order valence-electron chi connectivity index (χ0n) is 10.00. The Balaban J connectivity index is 2.96. The molecular formula is C11H15F2N3O. The van der Waals surface area contributed by atoms with Crippen molar-refractivity contribution in [3.05, 3.63) is 23.8 Å². The molecule has 0 aliphatic rings. The number of amides is 1. The molecule has 0 atom stereocenters. The Bertz CT molecular complexity index is 435. The first-order valence-corrected chi connectivity index (χ1v) is 4.98. The highest BCUT2D eigenvalue weighted by atomic mass is 19.1. The Hall–Kier alpha value is -1.85. The molecule has 6 heteroatoms. The Kier molecular flexibility index (Phi) is 3.88. The van der Waals surface area contributed by atoms with Crippen molar-refractivity contribution in [1.82, 2.24) is 4.90 Å². The number of halogens is 2. The number of carbonyl (C=O) groups is 1. The van der Waals surface area contributed by atoms with Gasteiger partial charge in [0.1, 0.15) is 5.82 Å². The lowest BCUT2D eigenvalue weighted by atomic mass is 10.2. The molecule has 0 saturated heterocycles. The molecule has 0 spiro atoms. The number of benzene rings is 1. The fourth-order valence-corrected chi connectivity index (χ4v) is 1.32. The van der Waals surface area contributed by atoms with E-state index in [0.29, 0.717) is 6.07 Å². The molecule has 0 heterocycles. The van der Waals surface area contributed by atoms with Crippen LogP contribution in [0.1, 0.15) is 0 Å². The second-order valence-corrected chi connectivity index (χ2v) is 3.96. The van der Waals surface area contributed by atoms with Gasteiger partial charge in [-0.25, -0.2) is 8.78 Å². The van der Waals surface area contributed by atoms with E-state index >= 15 is 0 Å². The average Bonchev–Trinajstić information content (AvgIpc) is 2.22. The molecule has 0 unspecified atom stereocenters. The van der Waals surface area contributed by atoms with Crippen LogP contribution in [0.5, 0.6) is 0 Å². The van der Waals surface area contributed by atoms with Gasteiger partial charge in [0.05, 0.1) is 17.9 Å². The number of likely N-dealkylation sites (N-methyl/N-ethyl adjacent to an activating group) is 2. The van der Waals surface area contributed by atoms with Crippen LogP contribution in [0, 0.1) is 11.6 Å². The summed E-state index contributed by atoms with van der Waals surface area (Å²) in [5.41, 5.74) is 5.49. The Labute approximate surface area is 98.6 Å². The van der Waals surface area contributed by atoms with E-state index in [2.05, 4.69) is 0 Å². The summed E-state index contributed by atoms with van der Waals surface area (Å²) in [5, 5.41) is 0. The third-order valence-electron chi connectivity index (χ3n) is 2.35. The lowest BCUT2D eigenvalue weighted by molar-refractivity contribution is -0.127. The summed E-state index contributed by atoms with van der Waals surface area (Å²) in [6.45, 7) is 0.0000926. The molecular weight excluding hydrogens is 228 g/mol. The number of hydrogen-bond acceptors (Lipinski definition) is 3. The topological polar surface area (TPSA) is 49.6 Å². The predicted molar refractivity (Wildman–Crippen MR) is 62.7 cm³/mol. The number of carbonyl (C=O) groups excluding carboxylic acids is 1. The van der Waals surface area contributed by atoms with Crippen LogP contribution in [-0.2, 0) is 4.79 Å². The van der Waals surface area contributed by atoms with E-state index in [-0.39, 0.29) is 23.8 Å². The lowest BCUT2D eigenvalue weighted by Gasteiger charge is -2.22. The van der Waals surface area contributed by atoms with Crippen molar-refractivity contribution in [2.24, 2.45) is 0 Å². The maximum atomic E-state index is 13.2. The molecule has 0 aliphatic heterocycles. The van der Waals surface area contributed by atoms with Gasteiger partial charge in [-0.3, -0.25) is 4.79 Å². The maximum absolute atomic E-state index is 13.2. The average molecular weight is 243 g/mol. The fraction of sp³-hybridized carbons (Fsp3) is 0.364. The molecule has 0 radical (unpaired) electrons. The number of hydrogen-bond donors (Lipinski definition) is 1. The van der Waals surface area contributed by atoms with Crippen LogP contribution in [0.3, 0.4) is 0 Å². The van der Waals surface area contributed by atoms with Crippen LogP contribution in [0.2, 0.25) is 0 Å². The molecule has 1 aromatic rings. The molecule has 2 N–H and O–H groups in total. The number of anilines is 2. The minimum atomic E-state index is -0.829. The number of nitrogens with two attached hydrogens (primary N) is 1. The summed E-state index contributed by atoms with van der Waals surface area (Å²) in [7, 11) is 4.75. The summed E-state index contributed by atoms with van der Waals surface area (Å²) in [6, 6.07) is 1.81. The summed E-state index contributed by atoms with van der Waals surface area (Å²) in [4.78, 5) is 14.3. The highest BCUT2D eigenvalue weighted by molar-refractivity contribution is 5.82. The highest BCUT2D eigenvalue weighted by Gasteiger charge is 2.15. The van der Waals surface area contributed by atoms with Gasteiger partial charge >= 0.3 is 0 Å². The molecule has 0 bridgehead atoms. The van der Waals surface area contributed by atoms with E-state index in [0.717, 1.165) is 6.07 Å². The second-order valence-electron chi connectivity index (χ2n) is 3.96. The monoisotopic (exact) mass is 243 g/mol. The number of rotatable bonds is 3. The van der Waals surface area contributed by atoms with E-state index in [1.54, 1.807) is 21.1 Å². The third-order valence-corrected chi connectivity index (χ3v) is 2.35. The van der Waals surface area contributed by atoms with Gasteiger partial charge in [0.25, 0.3) is 0 Å². The number of nitrogen functional groups attached to an aromatic ring is 1. The van der Waals surface area contributed by atoms with E-state index in [1.807, 2.05) is 0 Å². The molecule has 1 amide bonds. The van der Waals surface area contributed by atoms with Crippen LogP contribution in [0.15, 0.2) is 12.1 Å². The molecule has 1 aromatic carbocycles. The summed E-state index contributed by atoms with van der Waals surface area (Å²) in [5.74, 6) is -1.74. The van der Waals surface area contributed by atoms with Gasteiger partial charge in [-0.2, -0.15) is 0 Å². The molecule has 17 heavy (non-hydrogen) atoms. The normalized spacial score (nSPS) is 10.2. The molecule has 4 nitrogen and oxygen atoms in total. The summed E-state index contributed by atoms with van der Waals surface area (Å²) >= 11 is 0. The number of nitrogens with zero attached hydrogens (tertiary/aromatic N) is 2. The largest absolute Gasteiger partial charge is 0.395 e. The first-order valence-electron chi connectivity index (χ1n) is 4.98. The zero-order chi connectivity index (χ0) is 13.2. The van der Waals surface area contributed by atoms with Crippen LogP contribution in [-0.4, -0.2) is 38.5 Å². The van der Waals surface area contributed by atoms with Crippen molar-refractivity contribution in [2.45, 2.75) is 0 Å². The Morgan fingerprint density at radius 1 is 1.29 bits per heavy atom. The molecule has 1 rings (SSSR count). The third kappa shape index (κ3) is 3.05. The SMILES string of the molecule is CN(C)C(=O)CN(C)c1cc(F)cc(F)c1N. The quantitative estimate of drug-likeness (QED) is 0.808. The first-order chi connectivity index (χ1) is 7.82. The van der Waals surface area contributed by atoms with Crippen molar-refractivity contribution in [3.63, 3.8) is 0 Å². The smallest absolute Gasteiger partial charge is 0.241 e. The second kappa shape index (κ2) is 4.99. The summed E-state index contributed by atoms with van der Waals surface area (Å²) in [6.07, 6.45) is 0. The molecule has 0 saturated carbocycles. The molecule has 0 aromatic heterocycles. The van der Waals surface area contributed by atoms with E-state index in [1.165, 1.54) is 9.80 Å². The Morgan fingerprint density at radius 2 is 1.88 bits per heavy atom. The molecule has 0 aliphatic carbocycles. The van der Waals surface area contributed by atoms with Crippen LogP contribution in [0.25, 0.3) is 0 Å².